The molecule has 21 heavy (non-hydrogen) atoms. The van der Waals surface area contributed by atoms with Crippen molar-refractivity contribution in [1.29, 1.82) is 0 Å². The first-order valence-electron chi connectivity index (χ1n) is 6.31. The van der Waals surface area contributed by atoms with E-state index in [4.69, 9.17) is 15.3 Å². The Hall–Kier alpha value is -2.77. The zero-order valence-corrected chi connectivity index (χ0v) is 11.8. The molecule has 2 rings (SSSR count). The Morgan fingerprint density at radius 3 is 2.57 bits per heavy atom. The standard InChI is InChI=1S/C13H16N4O4/c1-3-21-11(18)8-16-13(19)17(14)12(15-16)9-4-6-10(20-2)7-5-9/h4-7H,3,8,14H2,1-2H3. The van der Waals surface area contributed by atoms with Crippen molar-refractivity contribution >= 4 is 5.97 Å². The summed E-state index contributed by atoms with van der Waals surface area (Å²) < 4.78 is 11.7. The number of nitrogens with zero attached hydrogens (tertiary/aromatic N) is 3. The Morgan fingerprint density at radius 2 is 2.00 bits per heavy atom. The normalized spacial score (nSPS) is 10.4. The van der Waals surface area contributed by atoms with Crippen LogP contribution in [-0.4, -0.2) is 34.1 Å². The Balaban J connectivity index is 2.32. The van der Waals surface area contributed by atoms with Gasteiger partial charge in [-0.1, -0.05) is 0 Å². The van der Waals surface area contributed by atoms with Crippen LogP contribution in [0.5, 0.6) is 5.75 Å². The minimum absolute atomic E-state index is 0.238. The van der Waals surface area contributed by atoms with E-state index < -0.39 is 11.7 Å². The van der Waals surface area contributed by atoms with Crippen molar-refractivity contribution in [3.8, 4) is 17.1 Å². The minimum Gasteiger partial charge on any atom is -0.497 e. The molecule has 0 aliphatic carbocycles. The molecular formula is C13H16N4O4. The zero-order valence-electron chi connectivity index (χ0n) is 11.8. The van der Waals surface area contributed by atoms with Crippen molar-refractivity contribution in [3.05, 3.63) is 34.7 Å². The fourth-order valence-electron chi connectivity index (χ4n) is 1.79. The first-order chi connectivity index (χ1) is 10.1. The summed E-state index contributed by atoms with van der Waals surface area (Å²) >= 11 is 0. The number of benzene rings is 1. The molecule has 1 aromatic carbocycles. The van der Waals surface area contributed by atoms with Gasteiger partial charge in [0.15, 0.2) is 5.82 Å². The first kappa shape index (κ1) is 14.6. The summed E-state index contributed by atoms with van der Waals surface area (Å²) in [4.78, 5) is 23.3. The number of hydrogen-bond donors (Lipinski definition) is 1. The van der Waals surface area contributed by atoms with Gasteiger partial charge in [0, 0.05) is 5.56 Å². The van der Waals surface area contributed by atoms with Crippen LogP contribution in [-0.2, 0) is 16.1 Å². The number of rotatable bonds is 5. The number of esters is 1. The number of aromatic nitrogens is 3. The lowest BCUT2D eigenvalue weighted by Crippen LogP contribution is -2.32. The molecule has 8 heteroatoms. The third kappa shape index (κ3) is 3.04. The maximum atomic E-state index is 11.9. The Kier molecular flexibility index (Phi) is 4.27. The predicted octanol–water partition coefficient (Wildman–Crippen LogP) is -0.00270. The highest BCUT2D eigenvalue weighted by Gasteiger charge is 2.15. The van der Waals surface area contributed by atoms with Gasteiger partial charge < -0.3 is 15.3 Å². The van der Waals surface area contributed by atoms with E-state index in [1.165, 1.54) is 0 Å². The van der Waals surface area contributed by atoms with Crippen LogP contribution >= 0.6 is 0 Å². The molecule has 8 nitrogen and oxygen atoms in total. The fraction of sp³-hybridized carbons (Fsp3) is 0.308. The van der Waals surface area contributed by atoms with Crippen LogP contribution in [0.15, 0.2) is 29.1 Å². The van der Waals surface area contributed by atoms with E-state index in [1.54, 1.807) is 38.3 Å². The molecule has 0 unspecified atom stereocenters. The number of hydrogen-bond acceptors (Lipinski definition) is 6. The molecule has 1 heterocycles. The molecule has 0 atom stereocenters. The Morgan fingerprint density at radius 1 is 1.33 bits per heavy atom. The highest BCUT2D eigenvalue weighted by Crippen LogP contribution is 2.18. The molecule has 0 radical (unpaired) electrons. The van der Waals surface area contributed by atoms with Gasteiger partial charge in [-0.2, -0.15) is 9.36 Å². The molecule has 112 valence electrons. The number of nitrogens with two attached hydrogens (primary N) is 1. The van der Waals surface area contributed by atoms with Crippen molar-refractivity contribution < 1.29 is 14.3 Å². The van der Waals surface area contributed by atoms with Crippen LogP contribution in [0.1, 0.15) is 6.92 Å². The van der Waals surface area contributed by atoms with Crippen LogP contribution in [0.3, 0.4) is 0 Å². The first-order valence-corrected chi connectivity index (χ1v) is 6.31. The topological polar surface area (TPSA) is 101 Å². The number of methoxy groups -OCH3 is 1. The summed E-state index contributed by atoms with van der Waals surface area (Å²) in [5, 5.41) is 4.06. The van der Waals surface area contributed by atoms with Gasteiger partial charge in [0.2, 0.25) is 0 Å². The van der Waals surface area contributed by atoms with E-state index in [-0.39, 0.29) is 19.0 Å². The lowest BCUT2D eigenvalue weighted by Gasteiger charge is -2.02. The van der Waals surface area contributed by atoms with Crippen molar-refractivity contribution in [2.24, 2.45) is 0 Å². The average molecular weight is 292 g/mol. The van der Waals surface area contributed by atoms with Gasteiger partial charge in [0.25, 0.3) is 0 Å². The summed E-state index contributed by atoms with van der Waals surface area (Å²) in [6.45, 7) is 1.65. The molecule has 0 saturated heterocycles. The molecule has 0 fully saturated rings. The minimum atomic E-state index is -0.589. The molecule has 0 saturated carbocycles. The summed E-state index contributed by atoms with van der Waals surface area (Å²) in [7, 11) is 1.56. The van der Waals surface area contributed by atoms with E-state index in [0.717, 1.165) is 9.36 Å². The lowest BCUT2D eigenvalue weighted by atomic mass is 10.2. The predicted molar refractivity (Wildman–Crippen MR) is 75.3 cm³/mol. The zero-order chi connectivity index (χ0) is 15.4. The number of carbonyl (C=O) groups excluding carboxylic acids is 1. The molecule has 0 amide bonds. The van der Waals surface area contributed by atoms with E-state index in [1.807, 2.05) is 0 Å². The molecule has 0 spiro atoms. The Bertz CT molecular complexity index is 687. The maximum Gasteiger partial charge on any atom is 0.365 e. The molecule has 0 aliphatic heterocycles. The van der Waals surface area contributed by atoms with Crippen molar-refractivity contribution in [1.82, 2.24) is 14.5 Å². The maximum absolute atomic E-state index is 11.9. The van der Waals surface area contributed by atoms with E-state index in [0.29, 0.717) is 11.3 Å². The van der Waals surface area contributed by atoms with Gasteiger partial charge in [-0.3, -0.25) is 4.79 Å². The average Bonchev–Trinajstić information content (AvgIpc) is 2.76. The molecule has 2 N–H and O–H groups in total. The highest BCUT2D eigenvalue weighted by atomic mass is 16.5. The summed E-state index contributed by atoms with van der Waals surface area (Å²) in [5.74, 6) is 6.08. The van der Waals surface area contributed by atoms with E-state index in [2.05, 4.69) is 5.10 Å². The summed E-state index contributed by atoms with van der Waals surface area (Å²) in [6.07, 6.45) is 0. The number of carbonyl (C=O) groups is 1. The Labute approximate surface area is 120 Å². The second-order valence-corrected chi connectivity index (χ2v) is 4.17. The summed E-state index contributed by atoms with van der Waals surface area (Å²) in [6, 6.07) is 6.89. The third-order valence-corrected chi connectivity index (χ3v) is 2.80. The summed E-state index contributed by atoms with van der Waals surface area (Å²) in [5.41, 5.74) is 0.0480. The van der Waals surface area contributed by atoms with Gasteiger partial charge in [-0.15, -0.1) is 5.10 Å². The number of ether oxygens (including phenoxy) is 2. The van der Waals surface area contributed by atoms with E-state index in [9.17, 15) is 9.59 Å². The molecule has 1 aromatic heterocycles. The lowest BCUT2D eigenvalue weighted by molar-refractivity contribution is -0.144. The van der Waals surface area contributed by atoms with Gasteiger partial charge in [0.1, 0.15) is 12.3 Å². The van der Waals surface area contributed by atoms with Crippen molar-refractivity contribution in [2.45, 2.75) is 13.5 Å². The van der Waals surface area contributed by atoms with Crippen molar-refractivity contribution in [2.75, 3.05) is 19.6 Å². The van der Waals surface area contributed by atoms with Crippen LogP contribution in [0.25, 0.3) is 11.4 Å². The second kappa shape index (κ2) is 6.12. The SMILES string of the molecule is CCOC(=O)Cn1nc(-c2ccc(OC)cc2)n(N)c1=O. The van der Waals surface area contributed by atoms with Gasteiger partial charge >= 0.3 is 11.7 Å². The monoisotopic (exact) mass is 292 g/mol. The molecule has 2 aromatic rings. The van der Waals surface area contributed by atoms with E-state index >= 15 is 0 Å². The van der Waals surface area contributed by atoms with Gasteiger partial charge in [-0.25, -0.2) is 4.79 Å². The highest BCUT2D eigenvalue weighted by molar-refractivity contribution is 5.69. The van der Waals surface area contributed by atoms with Crippen LogP contribution in [0.2, 0.25) is 0 Å². The second-order valence-electron chi connectivity index (χ2n) is 4.17. The number of nitrogen functional groups attached to an aromatic ring is 1. The molecule has 0 bridgehead atoms. The molecule has 0 aliphatic rings. The van der Waals surface area contributed by atoms with Crippen LogP contribution < -0.4 is 16.3 Å². The van der Waals surface area contributed by atoms with Gasteiger partial charge in [0.05, 0.1) is 13.7 Å². The van der Waals surface area contributed by atoms with Crippen LogP contribution in [0.4, 0.5) is 0 Å². The fourth-order valence-corrected chi connectivity index (χ4v) is 1.79. The van der Waals surface area contributed by atoms with Crippen LogP contribution in [0, 0.1) is 0 Å². The quantitative estimate of drug-likeness (QED) is 0.614. The van der Waals surface area contributed by atoms with Crippen molar-refractivity contribution in [3.63, 3.8) is 0 Å². The smallest absolute Gasteiger partial charge is 0.365 e. The van der Waals surface area contributed by atoms with Gasteiger partial charge in [-0.05, 0) is 31.2 Å². The molecular weight excluding hydrogens is 276 g/mol. The largest absolute Gasteiger partial charge is 0.497 e. The third-order valence-electron chi connectivity index (χ3n) is 2.80.